The second kappa shape index (κ2) is 5.95. The molecule has 0 bridgehead atoms. The van der Waals surface area contributed by atoms with E-state index in [1.165, 1.54) is 19.3 Å². The Balaban J connectivity index is 0.000000253. The molecule has 84 valence electrons. The molecule has 6 N–H and O–H groups in total. The van der Waals surface area contributed by atoms with Gasteiger partial charge in [-0.15, -0.1) is 0 Å². The van der Waals surface area contributed by atoms with Crippen LogP contribution < -0.4 is 11.9 Å². The summed E-state index contributed by atoms with van der Waals surface area (Å²) in [6.07, 6.45) is 4.91. The predicted octanol–water partition coefficient (Wildman–Crippen LogP) is 0.623. The summed E-state index contributed by atoms with van der Waals surface area (Å²) in [7, 11) is 1.83. The summed E-state index contributed by atoms with van der Waals surface area (Å²) < 4.78 is 5.22. The number of hydrogen-bond acceptors (Lipinski definition) is 4. The summed E-state index contributed by atoms with van der Waals surface area (Å²) in [4.78, 5) is 9.24. The highest BCUT2D eigenvalue weighted by molar-refractivity contribution is 5.68. The quantitative estimate of drug-likeness (QED) is 0.611. The molecule has 14 heavy (non-hydrogen) atoms. The molecule has 0 heterocycles. The van der Waals surface area contributed by atoms with Gasteiger partial charge in [-0.3, -0.25) is 4.79 Å². The standard InChI is InChI=1S/C7H12O.C2H5NO2.H3N/c1-8-7-4-5-2-3-6(5)7;3-1-2(4)5;/h5-7H,2-4H2,1H3;1,3H2,(H,4,5);1H3. The summed E-state index contributed by atoms with van der Waals surface area (Å²) in [6, 6.07) is 0. The fourth-order valence-corrected chi connectivity index (χ4v) is 1.93. The summed E-state index contributed by atoms with van der Waals surface area (Å²) in [5.74, 6) is 1.07. The van der Waals surface area contributed by atoms with Crippen LogP contribution in [0.15, 0.2) is 0 Å². The first-order valence-corrected chi connectivity index (χ1v) is 4.63. The van der Waals surface area contributed by atoms with Crippen LogP contribution in [0.25, 0.3) is 0 Å². The highest BCUT2D eigenvalue weighted by atomic mass is 16.5. The molecule has 2 fully saturated rings. The van der Waals surface area contributed by atoms with Crippen LogP contribution in [0.2, 0.25) is 0 Å². The molecule has 0 amide bonds. The molecule has 5 nitrogen and oxygen atoms in total. The molecular formula is C9H20N2O3. The van der Waals surface area contributed by atoms with Gasteiger partial charge < -0.3 is 21.7 Å². The van der Waals surface area contributed by atoms with Gasteiger partial charge in [0.25, 0.3) is 0 Å². The zero-order chi connectivity index (χ0) is 9.84. The lowest BCUT2D eigenvalue weighted by Crippen LogP contribution is -2.49. The van der Waals surface area contributed by atoms with E-state index in [-0.39, 0.29) is 12.7 Å². The molecule has 2 saturated carbocycles. The Morgan fingerprint density at radius 3 is 2.21 bits per heavy atom. The van der Waals surface area contributed by atoms with Gasteiger partial charge >= 0.3 is 5.97 Å². The molecule has 2 rings (SSSR count). The van der Waals surface area contributed by atoms with Crippen molar-refractivity contribution in [2.75, 3.05) is 13.7 Å². The highest BCUT2D eigenvalue weighted by Gasteiger charge is 2.47. The molecule has 3 atom stereocenters. The van der Waals surface area contributed by atoms with Gasteiger partial charge in [-0.05, 0) is 31.1 Å². The minimum Gasteiger partial charge on any atom is -0.480 e. The van der Waals surface area contributed by atoms with Crippen molar-refractivity contribution in [2.24, 2.45) is 17.6 Å². The van der Waals surface area contributed by atoms with Gasteiger partial charge in [0.1, 0.15) is 0 Å². The number of fused-ring (bicyclic) bond motifs is 1. The molecule has 0 aromatic rings. The third-order valence-electron chi connectivity index (χ3n) is 2.97. The van der Waals surface area contributed by atoms with Crippen LogP contribution in [-0.4, -0.2) is 30.8 Å². The van der Waals surface area contributed by atoms with Crippen LogP contribution in [-0.2, 0) is 9.53 Å². The average Bonchev–Trinajstić information content (AvgIpc) is 2.10. The van der Waals surface area contributed by atoms with Gasteiger partial charge in [0.2, 0.25) is 0 Å². The van der Waals surface area contributed by atoms with Crippen LogP contribution in [0.1, 0.15) is 19.3 Å². The van der Waals surface area contributed by atoms with Crippen LogP contribution in [0.4, 0.5) is 0 Å². The smallest absolute Gasteiger partial charge is 0.317 e. The fourth-order valence-electron chi connectivity index (χ4n) is 1.93. The van der Waals surface area contributed by atoms with E-state index in [4.69, 9.17) is 9.84 Å². The summed E-state index contributed by atoms with van der Waals surface area (Å²) in [5.41, 5.74) is 4.57. The number of ether oxygens (including phenoxy) is 1. The van der Waals surface area contributed by atoms with Crippen LogP contribution >= 0.6 is 0 Å². The Morgan fingerprint density at radius 1 is 1.57 bits per heavy atom. The highest BCUT2D eigenvalue weighted by Crippen LogP contribution is 2.51. The fraction of sp³-hybridized carbons (Fsp3) is 0.889. The summed E-state index contributed by atoms with van der Waals surface area (Å²) >= 11 is 0. The number of carboxylic acid groups (broad SMARTS) is 1. The molecule has 3 unspecified atom stereocenters. The van der Waals surface area contributed by atoms with Crippen molar-refractivity contribution in [2.45, 2.75) is 25.4 Å². The Morgan fingerprint density at radius 2 is 2.14 bits per heavy atom. The monoisotopic (exact) mass is 204 g/mol. The molecule has 0 radical (unpaired) electrons. The van der Waals surface area contributed by atoms with Gasteiger partial charge in [0.15, 0.2) is 0 Å². The minimum absolute atomic E-state index is 0. The van der Waals surface area contributed by atoms with Crippen molar-refractivity contribution in [1.82, 2.24) is 6.15 Å². The normalized spacial score (nSPS) is 32.0. The average molecular weight is 204 g/mol. The number of hydrogen-bond donors (Lipinski definition) is 3. The maximum atomic E-state index is 9.24. The van der Waals surface area contributed by atoms with Crippen molar-refractivity contribution in [3.63, 3.8) is 0 Å². The van der Waals surface area contributed by atoms with E-state index in [1.54, 1.807) is 0 Å². The number of nitrogens with two attached hydrogens (primary N) is 1. The zero-order valence-electron chi connectivity index (χ0n) is 8.61. The van der Waals surface area contributed by atoms with Gasteiger partial charge in [0, 0.05) is 7.11 Å². The first-order valence-electron chi connectivity index (χ1n) is 4.63. The lowest BCUT2D eigenvalue weighted by molar-refractivity contribution is -0.135. The number of rotatable bonds is 2. The molecule has 2 aliphatic rings. The Labute approximate surface area is 84.2 Å². The third-order valence-corrected chi connectivity index (χ3v) is 2.97. The second-order valence-corrected chi connectivity index (χ2v) is 3.61. The Bertz CT molecular complexity index is 185. The number of methoxy groups -OCH3 is 1. The van der Waals surface area contributed by atoms with Crippen molar-refractivity contribution in [3.8, 4) is 0 Å². The largest absolute Gasteiger partial charge is 0.480 e. The lowest BCUT2D eigenvalue weighted by atomic mass is 9.58. The van der Waals surface area contributed by atoms with E-state index in [9.17, 15) is 4.79 Å². The molecule has 0 aromatic carbocycles. The van der Waals surface area contributed by atoms with Gasteiger partial charge in [-0.25, -0.2) is 0 Å². The Kier molecular flexibility index (Phi) is 5.68. The van der Waals surface area contributed by atoms with E-state index in [1.807, 2.05) is 7.11 Å². The van der Waals surface area contributed by atoms with Gasteiger partial charge in [-0.2, -0.15) is 0 Å². The maximum Gasteiger partial charge on any atom is 0.317 e. The first kappa shape index (κ1) is 13.4. The van der Waals surface area contributed by atoms with E-state index >= 15 is 0 Å². The van der Waals surface area contributed by atoms with Crippen LogP contribution in [0, 0.1) is 11.8 Å². The summed E-state index contributed by atoms with van der Waals surface area (Å²) in [5, 5.41) is 7.60. The van der Waals surface area contributed by atoms with Crippen molar-refractivity contribution >= 4 is 5.97 Å². The SMILES string of the molecule is COC1CC2CCC21.N.NCC(=O)O. The number of carbonyl (C=O) groups is 1. The Hall–Kier alpha value is -0.650. The van der Waals surface area contributed by atoms with E-state index in [2.05, 4.69) is 5.73 Å². The van der Waals surface area contributed by atoms with E-state index in [0.29, 0.717) is 6.10 Å². The van der Waals surface area contributed by atoms with Crippen molar-refractivity contribution in [3.05, 3.63) is 0 Å². The minimum atomic E-state index is -0.968. The molecule has 0 aromatic heterocycles. The zero-order valence-corrected chi connectivity index (χ0v) is 8.61. The van der Waals surface area contributed by atoms with Crippen molar-refractivity contribution in [1.29, 1.82) is 0 Å². The second-order valence-electron chi connectivity index (χ2n) is 3.61. The topological polar surface area (TPSA) is 108 Å². The van der Waals surface area contributed by atoms with Gasteiger partial charge in [-0.1, -0.05) is 0 Å². The molecule has 0 saturated heterocycles. The van der Waals surface area contributed by atoms with Crippen LogP contribution in [0.5, 0.6) is 0 Å². The third kappa shape index (κ3) is 2.94. The summed E-state index contributed by atoms with van der Waals surface area (Å²) in [6.45, 7) is -0.278. The van der Waals surface area contributed by atoms with E-state index < -0.39 is 5.97 Å². The molecule has 0 aliphatic heterocycles. The molecule has 0 spiro atoms. The number of carboxylic acids is 1. The molecule has 2 aliphatic carbocycles. The number of aliphatic carboxylic acids is 1. The van der Waals surface area contributed by atoms with Crippen molar-refractivity contribution < 1.29 is 14.6 Å². The van der Waals surface area contributed by atoms with E-state index in [0.717, 1.165) is 11.8 Å². The molecular weight excluding hydrogens is 184 g/mol. The first-order chi connectivity index (χ1) is 6.19. The lowest BCUT2D eigenvalue weighted by Gasteiger charge is -2.52. The molecule has 5 heteroatoms. The maximum absolute atomic E-state index is 9.24. The van der Waals surface area contributed by atoms with Crippen LogP contribution in [0.3, 0.4) is 0 Å². The van der Waals surface area contributed by atoms with Gasteiger partial charge in [0.05, 0.1) is 12.6 Å². The predicted molar refractivity (Wildman–Crippen MR) is 53.3 cm³/mol.